The number of nitrogens with zero attached hydrogens (tertiary/aromatic N) is 2. The van der Waals surface area contributed by atoms with Gasteiger partial charge in [0.05, 0.1) is 22.9 Å². The number of ketones is 2. The summed E-state index contributed by atoms with van der Waals surface area (Å²) in [6.45, 7) is 8.48. The van der Waals surface area contributed by atoms with Crippen LogP contribution in [0.3, 0.4) is 0 Å². The van der Waals surface area contributed by atoms with Crippen molar-refractivity contribution >= 4 is 123 Å². The van der Waals surface area contributed by atoms with E-state index in [-0.39, 0.29) is 134 Å². The number of nitrogens with one attached hydrogen (secondary N) is 6. The Bertz CT molecular complexity index is 3010. The predicted molar refractivity (Wildman–Crippen MR) is 322 cm³/mol. The molecule has 0 radical (unpaired) electrons. The number of carboxylic acids is 2. The lowest BCUT2D eigenvalue weighted by Gasteiger charge is -2.23. The van der Waals surface area contributed by atoms with Crippen molar-refractivity contribution in [3.05, 3.63) is 115 Å². The molecule has 3 aromatic carbocycles. The summed E-state index contributed by atoms with van der Waals surface area (Å²) in [4.78, 5) is 151. The minimum Gasteiger partial charge on any atom is -0.482 e. The van der Waals surface area contributed by atoms with Gasteiger partial charge >= 0.3 is 11.9 Å². The van der Waals surface area contributed by atoms with Crippen molar-refractivity contribution in [3.8, 4) is 11.5 Å². The first kappa shape index (κ1) is 72.3. The fourth-order valence-corrected chi connectivity index (χ4v) is 8.61. The molecule has 0 aromatic heterocycles. The van der Waals surface area contributed by atoms with Crippen molar-refractivity contribution in [2.24, 2.45) is 38.7 Å². The quantitative estimate of drug-likeness (QED) is 0.0129. The number of carboxylic acid groups (broad SMARTS) is 2. The monoisotopic (exact) mass is 1290 g/mol. The summed E-state index contributed by atoms with van der Waals surface area (Å²) < 4.78 is 11.0. The van der Waals surface area contributed by atoms with Gasteiger partial charge in [-0.3, -0.25) is 62.7 Å². The van der Waals surface area contributed by atoms with Crippen LogP contribution in [0.1, 0.15) is 107 Å². The van der Waals surface area contributed by atoms with Gasteiger partial charge in [0.15, 0.2) is 36.7 Å². The zero-order valence-electron chi connectivity index (χ0n) is 47.2. The largest absolute Gasteiger partial charge is 0.482 e. The average molecular weight is 1290 g/mol. The number of guanidine groups is 2. The third-order valence-electron chi connectivity index (χ3n) is 12.3. The molecule has 0 spiro atoms. The molecule has 0 aliphatic rings. The van der Waals surface area contributed by atoms with E-state index in [4.69, 9.17) is 84.5 Å². The summed E-state index contributed by atoms with van der Waals surface area (Å²) in [6.07, 6.45) is -1.34. The summed E-state index contributed by atoms with van der Waals surface area (Å²) in [5.74, 6) is -11.6. The Balaban J connectivity index is 1.80. The van der Waals surface area contributed by atoms with Crippen LogP contribution in [0, 0.1) is 0 Å². The molecule has 3 rings (SSSR count). The molecule has 18 N–H and O–H groups in total. The summed E-state index contributed by atoms with van der Waals surface area (Å²) in [5, 5.41) is 33.2. The standard InChI is InChI=1S/C55H67Cl4N13O15/c1-5-26(3)47(79)31-11-13-37(45(58)43(31)56)86-24-39(73)69-35(20-41(75)76)52(84)71-33(9-7-15-65-54(61)62)50(82)67-22-28-17-29(19-30(18-28)49(60)81)23-68-51(83)34(10-8-16-66-55(63)64)72-53(85)36(21-42(77)78)70-40(74)25-87-38-14-12-32(44(57)46(38)59)48(80)27(4)6-2/h11-14,17-19,33-36H,3-10,15-16,20-25H2,1-2H3,(H2,60,81)(H,67,82)(H,68,83)(H,69,73)(H,70,74)(H,71,84)(H,72,85)(H,75,76)(H,77,78)(H4,61,62,65)(H4,63,64,66)/t33-,34-,35-,36-/m0/s1. The Labute approximate surface area is 518 Å². The SMILES string of the molecule is C=C(CC)C(=O)c1ccc(OCC(=O)N[C@@H](CC(=O)O)C(=O)N[C@@H](CCCN=C(N)N)C(=O)NCc2cc(CNC(=O)[C@H](CCCN=C(N)N)NC(=O)[C@H](CC(=O)O)NC(=O)COc3ccc(C(=O)C(=C)CC)c(Cl)c3Cl)cc(C(N)=O)c2)c(Cl)c1Cl. The number of rotatable bonds is 37. The summed E-state index contributed by atoms with van der Waals surface area (Å²) >= 11 is 25.3. The van der Waals surface area contributed by atoms with Crippen LogP contribution in [0.5, 0.6) is 11.5 Å². The van der Waals surface area contributed by atoms with E-state index in [1.807, 2.05) is 0 Å². The molecule has 0 fully saturated rings. The molecule has 0 bridgehead atoms. The van der Waals surface area contributed by atoms with Crippen LogP contribution in [0.15, 0.2) is 76.8 Å². The summed E-state index contributed by atoms with van der Waals surface area (Å²) in [7, 11) is 0. The van der Waals surface area contributed by atoms with Gasteiger partial charge < -0.3 is 80.3 Å². The minimum atomic E-state index is -1.77. The maximum Gasteiger partial charge on any atom is 0.305 e. The predicted octanol–water partition coefficient (Wildman–Crippen LogP) is 2.08. The second-order valence-corrected chi connectivity index (χ2v) is 20.4. The molecule has 0 saturated carbocycles. The number of hydrogen-bond acceptors (Lipinski definition) is 15. The molecule has 0 aliphatic carbocycles. The van der Waals surface area contributed by atoms with E-state index >= 15 is 0 Å². The number of aliphatic imine (C=N–C) groups is 2. The number of nitrogens with two attached hydrogens (primary N) is 5. The second kappa shape index (κ2) is 35.5. The van der Waals surface area contributed by atoms with Crippen LogP contribution < -0.4 is 70.0 Å². The summed E-state index contributed by atoms with van der Waals surface area (Å²) in [5.41, 5.74) is 28.4. The van der Waals surface area contributed by atoms with E-state index in [2.05, 4.69) is 55.0 Å². The molecule has 0 aliphatic heterocycles. The molecule has 470 valence electrons. The third-order valence-corrected chi connectivity index (χ3v) is 14.0. The van der Waals surface area contributed by atoms with Gasteiger partial charge in [-0.1, -0.05) is 79.5 Å². The number of ether oxygens (including phenoxy) is 2. The van der Waals surface area contributed by atoms with Crippen LogP contribution in [0.4, 0.5) is 0 Å². The first-order valence-corrected chi connectivity index (χ1v) is 27.9. The number of allylic oxidation sites excluding steroid dienone is 2. The summed E-state index contributed by atoms with van der Waals surface area (Å²) in [6, 6.07) is 2.88. The van der Waals surface area contributed by atoms with Crippen molar-refractivity contribution in [1.82, 2.24) is 31.9 Å². The van der Waals surface area contributed by atoms with Gasteiger partial charge in [0.2, 0.25) is 29.5 Å². The zero-order chi connectivity index (χ0) is 65.2. The van der Waals surface area contributed by atoms with Crippen molar-refractivity contribution in [1.29, 1.82) is 0 Å². The molecule has 0 saturated heterocycles. The van der Waals surface area contributed by atoms with E-state index in [0.717, 1.165) is 0 Å². The number of benzene rings is 3. The number of halogens is 4. The number of aliphatic carboxylic acids is 2. The highest BCUT2D eigenvalue weighted by Crippen LogP contribution is 2.37. The molecule has 0 unspecified atom stereocenters. The number of Topliss-reactive ketones (excluding diaryl/α,β-unsaturated/α-hetero) is 2. The Morgan fingerprint density at radius 2 is 0.897 bits per heavy atom. The molecule has 7 amide bonds. The Morgan fingerprint density at radius 3 is 1.22 bits per heavy atom. The van der Waals surface area contributed by atoms with Crippen LogP contribution in [0.2, 0.25) is 20.1 Å². The maximum atomic E-state index is 13.9. The number of carbonyl (C=O) groups is 11. The van der Waals surface area contributed by atoms with E-state index in [1.165, 1.54) is 42.5 Å². The molecular formula is C55H67Cl4N13O15. The van der Waals surface area contributed by atoms with Gasteiger partial charge in [-0.05, 0) is 97.2 Å². The molecular weight excluding hydrogens is 1220 g/mol. The fraction of sp³-hybridized carbons (Fsp3) is 0.364. The molecule has 87 heavy (non-hydrogen) atoms. The lowest BCUT2D eigenvalue weighted by Crippen LogP contribution is -2.54. The lowest BCUT2D eigenvalue weighted by molar-refractivity contribution is -0.141. The van der Waals surface area contributed by atoms with Gasteiger partial charge in [-0.15, -0.1) is 0 Å². The highest BCUT2D eigenvalue weighted by atomic mass is 35.5. The minimum absolute atomic E-state index is 0.0132. The van der Waals surface area contributed by atoms with Crippen LogP contribution in [0.25, 0.3) is 0 Å². The van der Waals surface area contributed by atoms with Crippen molar-refractivity contribution < 1.29 is 72.4 Å². The van der Waals surface area contributed by atoms with Crippen LogP contribution in [-0.2, 0) is 51.4 Å². The van der Waals surface area contributed by atoms with Crippen molar-refractivity contribution in [2.75, 3.05) is 26.3 Å². The lowest BCUT2D eigenvalue weighted by atomic mass is 10.0. The van der Waals surface area contributed by atoms with Gasteiger partial charge in [-0.25, -0.2) is 0 Å². The van der Waals surface area contributed by atoms with Crippen molar-refractivity contribution in [3.63, 3.8) is 0 Å². The van der Waals surface area contributed by atoms with Gasteiger partial charge in [-0.2, -0.15) is 0 Å². The third kappa shape index (κ3) is 23.8. The zero-order valence-corrected chi connectivity index (χ0v) is 50.2. The smallest absolute Gasteiger partial charge is 0.305 e. The fourth-order valence-electron chi connectivity index (χ4n) is 7.69. The van der Waals surface area contributed by atoms with E-state index in [9.17, 15) is 63.0 Å². The maximum absolute atomic E-state index is 13.9. The van der Waals surface area contributed by atoms with Crippen LogP contribution >= 0.6 is 46.4 Å². The normalized spacial score (nSPS) is 12.0. The molecule has 4 atom stereocenters. The van der Waals surface area contributed by atoms with Crippen molar-refractivity contribution in [2.45, 2.75) is 102 Å². The van der Waals surface area contributed by atoms with E-state index in [1.54, 1.807) is 13.8 Å². The topological polar surface area (TPSA) is 474 Å². The van der Waals surface area contributed by atoms with E-state index in [0.29, 0.717) is 12.8 Å². The first-order valence-electron chi connectivity index (χ1n) is 26.4. The van der Waals surface area contributed by atoms with Gasteiger partial charge in [0.25, 0.3) is 11.8 Å². The van der Waals surface area contributed by atoms with Gasteiger partial charge in [0, 0.05) is 42.9 Å². The number of carbonyl (C=O) groups excluding carboxylic acids is 9. The molecule has 28 nitrogen and oxygen atoms in total. The Kier molecular flexibility index (Phi) is 29.5. The highest BCUT2D eigenvalue weighted by Gasteiger charge is 2.31. The molecule has 0 heterocycles. The number of hydrogen-bond donors (Lipinski definition) is 13. The first-order chi connectivity index (χ1) is 41.0. The second-order valence-electron chi connectivity index (χ2n) is 18.9. The van der Waals surface area contributed by atoms with E-state index < -0.39 is 115 Å². The Hall–Kier alpha value is -8.99. The highest BCUT2D eigenvalue weighted by molar-refractivity contribution is 6.46. The molecule has 3 aromatic rings. The Morgan fingerprint density at radius 1 is 0.529 bits per heavy atom. The van der Waals surface area contributed by atoms with Gasteiger partial charge in [0.1, 0.15) is 45.7 Å². The van der Waals surface area contributed by atoms with Crippen LogP contribution in [-0.4, -0.2) is 137 Å². The number of primary amides is 1. The number of amides is 7. The average Bonchev–Trinajstić information content (AvgIpc) is 3.29. The molecule has 32 heteroatoms.